The van der Waals surface area contributed by atoms with E-state index in [-0.39, 0.29) is 41.4 Å². The van der Waals surface area contributed by atoms with Crippen molar-refractivity contribution in [1.29, 1.82) is 0 Å². The fourth-order valence-electron chi connectivity index (χ4n) is 3.67. The minimum atomic E-state index is -0.511. The van der Waals surface area contributed by atoms with Gasteiger partial charge in [0.25, 0.3) is 0 Å². The number of amides is 2. The predicted octanol–water partition coefficient (Wildman–Crippen LogP) is 3.07. The third kappa shape index (κ3) is 9.26. The Morgan fingerprint density at radius 3 is 2.17 bits per heavy atom. The van der Waals surface area contributed by atoms with E-state index >= 15 is 0 Å². The van der Waals surface area contributed by atoms with Crippen LogP contribution < -0.4 is 10.6 Å². The summed E-state index contributed by atoms with van der Waals surface area (Å²) in [5.41, 5.74) is -0.867. The first-order chi connectivity index (χ1) is 13.5. The lowest BCUT2D eigenvalue weighted by molar-refractivity contribution is -0.138. The number of hydrogen-bond donors (Lipinski definition) is 2. The van der Waals surface area contributed by atoms with Crippen LogP contribution in [0.15, 0.2) is 4.99 Å². The smallest absolute Gasteiger partial charge is 0.410 e. The molecule has 0 bridgehead atoms. The van der Waals surface area contributed by atoms with E-state index < -0.39 is 5.60 Å². The Bertz CT molecular complexity index is 569. The third-order valence-corrected chi connectivity index (χ3v) is 5.06. The molecule has 0 aromatic rings. The van der Waals surface area contributed by atoms with Crippen LogP contribution in [-0.4, -0.2) is 80.7 Å². The van der Waals surface area contributed by atoms with Crippen molar-refractivity contribution in [2.45, 2.75) is 65.4 Å². The molecule has 2 amide bonds. The Balaban J connectivity index is 0.00000841. The van der Waals surface area contributed by atoms with Crippen LogP contribution in [0.5, 0.6) is 0 Å². The summed E-state index contributed by atoms with van der Waals surface area (Å²) in [6.45, 7) is 9.91. The Morgan fingerprint density at radius 1 is 1.10 bits per heavy atom. The first kappa shape index (κ1) is 28.7. The first-order valence-corrected chi connectivity index (χ1v) is 10.7. The average Bonchev–Trinajstić information content (AvgIpc) is 3.11. The SMILES string of the molecule is CCCN(CCNC(=NC)NCC1(C(=O)N(C)C)CCCC1)C(=O)OC(C)(C)C.I. The van der Waals surface area contributed by atoms with E-state index in [4.69, 9.17) is 4.74 Å². The number of nitrogens with zero attached hydrogens (tertiary/aromatic N) is 3. The van der Waals surface area contributed by atoms with Gasteiger partial charge in [0.15, 0.2) is 5.96 Å². The van der Waals surface area contributed by atoms with Crippen molar-refractivity contribution < 1.29 is 14.3 Å². The standard InChI is InChI=1S/C21H41N5O3.HI/c1-8-14-26(19(28)29-20(2,3)4)15-13-23-18(22-5)24-16-21(11-9-10-12-21)17(27)25(6)7;/h8-16H2,1-7H3,(H2,22,23,24);1H. The van der Waals surface area contributed by atoms with Gasteiger partial charge in [-0.1, -0.05) is 19.8 Å². The molecule has 0 unspecified atom stereocenters. The molecule has 1 aliphatic carbocycles. The molecule has 2 N–H and O–H groups in total. The van der Waals surface area contributed by atoms with Crippen molar-refractivity contribution in [3.63, 3.8) is 0 Å². The van der Waals surface area contributed by atoms with E-state index in [0.717, 1.165) is 32.1 Å². The predicted molar refractivity (Wildman–Crippen MR) is 132 cm³/mol. The van der Waals surface area contributed by atoms with Crippen molar-refractivity contribution in [2.75, 3.05) is 47.3 Å². The molecular weight excluding hydrogens is 497 g/mol. The molecule has 1 fully saturated rings. The third-order valence-electron chi connectivity index (χ3n) is 5.06. The van der Waals surface area contributed by atoms with E-state index in [9.17, 15) is 9.59 Å². The van der Waals surface area contributed by atoms with Crippen LogP contribution in [0, 0.1) is 5.41 Å². The molecule has 176 valence electrons. The maximum absolute atomic E-state index is 12.7. The molecule has 30 heavy (non-hydrogen) atoms. The number of nitrogens with one attached hydrogen (secondary N) is 2. The Morgan fingerprint density at radius 2 is 1.70 bits per heavy atom. The highest BCUT2D eigenvalue weighted by Gasteiger charge is 2.42. The Hall–Kier alpha value is -1.26. The topological polar surface area (TPSA) is 86.3 Å². The van der Waals surface area contributed by atoms with Crippen LogP contribution in [0.4, 0.5) is 4.79 Å². The van der Waals surface area contributed by atoms with Gasteiger partial charge in [-0.25, -0.2) is 4.79 Å². The lowest BCUT2D eigenvalue weighted by Crippen LogP contribution is -2.50. The van der Waals surface area contributed by atoms with Crippen molar-refractivity contribution in [3.8, 4) is 0 Å². The summed E-state index contributed by atoms with van der Waals surface area (Å²) in [6, 6.07) is 0. The summed E-state index contributed by atoms with van der Waals surface area (Å²) >= 11 is 0. The molecule has 1 aliphatic rings. The summed E-state index contributed by atoms with van der Waals surface area (Å²) in [6.07, 6.45) is 4.52. The maximum atomic E-state index is 12.7. The Labute approximate surface area is 199 Å². The Kier molecular flexibility index (Phi) is 12.7. The summed E-state index contributed by atoms with van der Waals surface area (Å²) in [4.78, 5) is 32.7. The zero-order valence-corrected chi connectivity index (χ0v) is 22.2. The fourth-order valence-corrected chi connectivity index (χ4v) is 3.67. The molecule has 0 spiro atoms. The van der Waals surface area contributed by atoms with E-state index in [1.54, 1.807) is 16.8 Å². The van der Waals surface area contributed by atoms with Gasteiger partial charge in [0, 0.05) is 47.3 Å². The molecule has 0 aromatic heterocycles. The molecule has 0 radical (unpaired) electrons. The highest BCUT2D eigenvalue weighted by molar-refractivity contribution is 14.0. The van der Waals surface area contributed by atoms with Crippen LogP contribution in [0.3, 0.4) is 0 Å². The van der Waals surface area contributed by atoms with Gasteiger partial charge < -0.3 is 25.2 Å². The normalized spacial score (nSPS) is 15.8. The van der Waals surface area contributed by atoms with Crippen LogP contribution in [0.25, 0.3) is 0 Å². The fraction of sp³-hybridized carbons (Fsp3) is 0.857. The average molecular weight is 540 g/mol. The quantitative estimate of drug-likeness (QED) is 0.282. The first-order valence-electron chi connectivity index (χ1n) is 10.7. The molecule has 1 saturated carbocycles. The molecule has 0 aliphatic heterocycles. The summed E-state index contributed by atoms with van der Waals surface area (Å²) in [5.74, 6) is 0.820. The minimum Gasteiger partial charge on any atom is -0.444 e. The second kappa shape index (κ2) is 13.2. The molecular formula is C21H42IN5O3. The highest BCUT2D eigenvalue weighted by Crippen LogP contribution is 2.38. The maximum Gasteiger partial charge on any atom is 0.410 e. The zero-order chi connectivity index (χ0) is 22.1. The number of ether oxygens (including phenoxy) is 1. The molecule has 9 heteroatoms. The van der Waals surface area contributed by atoms with Crippen LogP contribution in [0.1, 0.15) is 59.8 Å². The molecule has 0 aromatic carbocycles. The van der Waals surface area contributed by atoms with Crippen LogP contribution in [0.2, 0.25) is 0 Å². The van der Waals surface area contributed by atoms with Gasteiger partial charge in [-0.05, 0) is 40.0 Å². The van der Waals surface area contributed by atoms with Gasteiger partial charge in [-0.2, -0.15) is 0 Å². The van der Waals surface area contributed by atoms with E-state index in [2.05, 4.69) is 15.6 Å². The number of halogens is 1. The van der Waals surface area contributed by atoms with Crippen LogP contribution in [-0.2, 0) is 9.53 Å². The van der Waals surface area contributed by atoms with Crippen molar-refractivity contribution in [3.05, 3.63) is 0 Å². The molecule has 8 nitrogen and oxygen atoms in total. The minimum absolute atomic E-state index is 0. The monoisotopic (exact) mass is 539 g/mol. The van der Waals surface area contributed by atoms with Crippen molar-refractivity contribution in [1.82, 2.24) is 20.4 Å². The zero-order valence-electron chi connectivity index (χ0n) is 19.8. The van der Waals surface area contributed by atoms with Gasteiger partial charge in [0.2, 0.25) is 5.91 Å². The number of guanidine groups is 1. The summed E-state index contributed by atoms with van der Waals surface area (Å²) in [5, 5.41) is 6.57. The highest BCUT2D eigenvalue weighted by atomic mass is 127. The van der Waals surface area contributed by atoms with Gasteiger partial charge >= 0.3 is 6.09 Å². The molecule has 0 atom stereocenters. The number of aliphatic imine (C=N–C) groups is 1. The lowest BCUT2D eigenvalue weighted by atomic mass is 9.84. The van der Waals surface area contributed by atoms with E-state index in [1.165, 1.54) is 0 Å². The summed E-state index contributed by atoms with van der Waals surface area (Å²) < 4.78 is 5.48. The van der Waals surface area contributed by atoms with E-state index in [0.29, 0.717) is 32.1 Å². The second-order valence-electron chi connectivity index (χ2n) is 9.01. The number of rotatable bonds is 8. The summed E-state index contributed by atoms with van der Waals surface area (Å²) in [7, 11) is 5.34. The lowest BCUT2D eigenvalue weighted by Gasteiger charge is -2.31. The van der Waals surface area contributed by atoms with Crippen molar-refractivity contribution >= 4 is 41.9 Å². The number of carbonyl (C=O) groups excluding carboxylic acids is 2. The van der Waals surface area contributed by atoms with Crippen molar-refractivity contribution in [2.24, 2.45) is 10.4 Å². The molecule has 0 heterocycles. The van der Waals surface area contributed by atoms with Gasteiger partial charge in [-0.3, -0.25) is 9.79 Å². The number of carbonyl (C=O) groups is 2. The number of hydrogen-bond acceptors (Lipinski definition) is 4. The molecule has 0 saturated heterocycles. The second-order valence-corrected chi connectivity index (χ2v) is 9.01. The van der Waals surface area contributed by atoms with E-state index in [1.807, 2.05) is 41.8 Å². The van der Waals surface area contributed by atoms with Crippen LogP contribution >= 0.6 is 24.0 Å². The van der Waals surface area contributed by atoms with Gasteiger partial charge in [0.1, 0.15) is 5.60 Å². The molecule has 1 rings (SSSR count). The van der Waals surface area contributed by atoms with Gasteiger partial charge in [-0.15, -0.1) is 24.0 Å². The largest absolute Gasteiger partial charge is 0.444 e. The van der Waals surface area contributed by atoms with Gasteiger partial charge in [0.05, 0.1) is 5.41 Å².